The average Bonchev–Trinajstić information content (AvgIpc) is 2.39. The van der Waals surface area contributed by atoms with Crippen LogP contribution in [0.3, 0.4) is 0 Å². The minimum absolute atomic E-state index is 0.104. The van der Waals surface area contributed by atoms with E-state index in [4.69, 9.17) is 9.47 Å². The van der Waals surface area contributed by atoms with Crippen LogP contribution in [-0.4, -0.2) is 40.3 Å². The summed E-state index contributed by atoms with van der Waals surface area (Å²) >= 11 is 0. The van der Waals surface area contributed by atoms with Crippen molar-refractivity contribution >= 4 is 6.09 Å². The van der Waals surface area contributed by atoms with Crippen LogP contribution in [0.5, 0.6) is 5.75 Å². The highest BCUT2D eigenvalue weighted by Gasteiger charge is 2.32. The van der Waals surface area contributed by atoms with Gasteiger partial charge in [0.2, 0.25) is 0 Å². The third kappa shape index (κ3) is 4.61. The molecule has 0 N–H and O–H groups in total. The molecule has 5 heteroatoms. The molecule has 2 atom stereocenters. The molecule has 5 nitrogen and oxygen atoms in total. The largest absolute Gasteiger partial charge is 0.489 e. The highest BCUT2D eigenvalue weighted by molar-refractivity contribution is 5.68. The summed E-state index contributed by atoms with van der Waals surface area (Å²) in [4.78, 5) is 18.2. The molecule has 0 aromatic carbocycles. The van der Waals surface area contributed by atoms with Crippen molar-refractivity contribution in [2.45, 2.75) is 65.2 Å². The molecule has 22 heavy (non-hydrogen) atoms. The highest BCUT2D eigenvalue weighted by atomic mass is 16.6. The predicted molar refractivity (Wildman–Crippen MR) is 85.0 cm³/mol. The molecule has 0 radical (unpaired) electrons. The highest BCUT2D eigenvalue weighted by Crippen LogP contribution is 2.24. The van der Waals surface area contributed by atoms with Gasteiger partial charge in [-0.05, 0) is 46.8 Å². The van der Waals surface area contributed by atoms with E-state index in [9.17, 15) is 4.79 Å². The first-order chi connectivity index (χ1) is 10.2. The van der Waals surface area contributed by atoms with Gasteiger partial charge in [0.15, 0.2) is 0 Å². The van der Waals surface area contributed by atoms with Gasteiger partial charge in [0.1, 0.15) is 17.5 Å². The summed E-state index contributed by atoms with van der Waals surface area (Å²) in [6.07, 6.45) is 3.22. The zero-order valence-corrected chi connectivity index (χ0v) is 14.1. The summed E-state index contributed by atoms with van der Waals surface area (Å²) in [7, 11) is 0. The number of hydrogen-bond acceptors (Lipinski definition) is 4. The summed E-state index contributed by atoms with van der Waals surface area (Å²) in [6, 6.07) is 3.98. The Morgan fingerprint density at radius 1 is 1.36 bits per heavy atom. The van der Waals surface area contributed by atoms with Crippen LogP contribution in [0, 0.1) is 6.92 Å². The molecule has 0 saturated carbocycles. The van der Waals surface area contributed by atoms with Crippen molar-refractivity contribution in [3.63, 3.8) is 0 Å². The van der Waals surface area contributed by atoms with Crippen molar-refractivity contribution in [2.24, 2.45) is 0 Å². The zero-order chi connectivity index (χ0) is 16.3. The normalized spacial score (nSPS) is 22.3. The molecule has 1 amide bonds. The minimum atomic E-state index is -0.461. The lowest BCUT2D eigenvalue weighted by atomic mass is 10.0. The van der Waals surface area contributed by atoms with Gasteiger partial charge in [0.25, 0.3) is 0 Å². The lowest BCUT2D eigenvalue weighted by Crippen LogP contribution is -2.49. The standard InChI is InChI=1S/C17H26N2O3/c1-12-6-7-15(11-18-12)21-14-8-9-19(13(2)10-14)16(20)22-17(3,4)5/h6-7,11,13-14H,8-10H2,1-5H3/t13-,14-/m0/s1. The number of aryl methyl sites for hydroxylation is 1. The average molecular weight is 306 g/mol. The van der Waals surface area contributed by atoms with E-state index in [0.29, 0.717) is 6.54 Å². The Morgan fingerprint density at radius 3 is 2.64 bits per heavy atom. The minimum Gasteiger partial charge on any atom is -0.489 e. The second kappa shape index (κ2) is 6.55. The lowest BCUT2D eigenvalue weighted by Gasteiger charge is -2.38. The predicted octanol–water partition coefficient (Wildman–Crippen LogP) is 3.56. The van der Waals surface area contributed by atoms with E-state index in [1.54, 1.807) is 11.1 Å². The monoisotopic (exact) mass is 306 g/mol. The Labute approximate surface area is 132 Å². The van der Waals surface area contributed by atoms with Crippen LogP contribution in [0.25, 0.3) is 0 Å². The summed E-state index contributed by atoms with van der Waals surface area (Å²) in [5.74, 6) is 0.786. The zero-order valence-electron chi connectivity index (χ0n) is 14.1. The number of rotatable bonds is 2. The fourth-order valence-corrected chi connectivity index (χ4v) is 2.54. The van der Waals surface area contributed by atoms with Gasteiger partial charge in [0.05, 0.1) is 6.20 Å². The van der Waals surface area contributed by atoms with E-state index in [2.05, 4.69) is 4.98 Å². The molecule has 0 unspecified atom stereocenters. The van der Waals surface area contributed by atoms with Crippen LogP contribution in [-0.2, 0) is 4.74 Å². The van der Waals surface area contributed by atoms with Crippen molar-refractivity contribution in [3.05, 3.63) is 24.0 Å². The first-order valence-corrected chi connectivity index (χ1v) is 7.83. The Bertz CT molecular complexity index is 508. The molecular weight excluding hydrogens is 280 g/mol. The van der Waals surface area contributed by atoms with Crippen molar-refractivity contribution in [1.29, 1.82) is 0 Å². The fourth-order valence-electron chi connectivity index (χ4n) is 2.54. The number of carbonyl (C=O) groups excluding carboxylic acids is 1. The molecule has 1 aliphatic heterocycles. The first-order valence-electron chi connectivity index (χ1n) is 7.83. The lowest BCUT2D eigenvalue weighted by molar-refractivity contribution is -0.00107. The number of amides is 1. The fraction of sp³-hybridized carbons (Fsp3) is 0.647. The SMILES string of the molecule is Cc1ccc(O[C@H]2CCN(C(=O)OC(C)(C)C)[C@@H](C)C2)cn1. The number of aromatic nitrogens is 1. The number of ether oxygens (including phenoxy) is 2. The van der Waals surface area contributed by atoms with E-state index in [1.165, 1.54) is 0 Å². The quantitative estimate of drug-likeness (QED) is 0.838. The molecule has 1 saturated heterocycles. The number of pyridine rings is 1. The van der Waals surface area contributed by atoms with E-state index < -0.39 is 5.60 Å². The van der Waals surface area contributed by atoms with Crippen molar-refractivity contribution < 1.29 is 14.3 Å². The van der Waals surface area contributed by atoms with Gasteiger partial charge in [0, 0.05) is 31.1 Å². The molecule has 2 rings (SSSR count). The van der Waals surface area contributed by atoms with Crippen LogP contribution in [0.15, 0.2) is 18.3 Å². The van der Waals surface area contributed by atoms with Crippen molar-refractivity contribution in [1.82, 2.24) is 9.88 Å². The summed E-state index contributed by atoms with van der Waals surface area (Å²) in [5, 5.41) is 0. The van der Waals surface area contributed by atoms with Gasteiger partial charge in [-0.3, -0.25) is 4.98 Å². The van der Waals surface area contributed by atoms with Gasteiger partial charge in [-0.1, -0.05) is 0 Å². The van der Waals surface area contributed by atoms with Crippen molar-refractivity contribution in [3.8, 4) is 5.75 Å². The molecular formula is C17H26N2O3. The number of nitrogens with zero attached hydrogens (tertiary/aromatic N) is 2. The van der Waals surface area contributed by atoms with Crippen molar-refractivity contribution in [2.75, 3.05) is 6.54 Å². The van der Waals surface area contributed by atoms with Gasteiger partial charge in [-0.25, -0.2) is 4.79 Å². The Balaban J connectivity index is 1.89. The van der Waals surface area contributed by atoms with E-state index in [1.807, 2.05) is 46.8 Å². The van der Waals surface area contributed by atoms with Crippen LogP contribution >= 0.6 is 0 Å². The van der Waals surface area contributed by atoms with Gasteiger partial charge in [-0.2, -0.15) is 0 Å². The van der Waals surface area contributed by atoms with Crippen LogP contribution in [0.2, 0.25) is 0 Å². The molecule has 1 aromatic rings. The molecule has 122 valence electrons. The number of hydrogen-bond donors (Lipinski definition) is 0. The van der Waals surface area contributed by atoms with Gasteiger partial charge in [-0.15, -0.1) is 0 Å². The molecule has 2 heterocycles. The first kappa shape index (κ1) is 16.6. The molecule has 1 aromatic heterocycles. The third-order valence-corrected chi connectivity index (χ3v) is 3.64. The number of likely N-dealkylation sites (tertiary alicyclic amines) is 1. The number of carbonyl (C=O) groups is 1. The summed E-state index contributed by atoms with van der Waals surface area (Å²) in [5.41, 5.74) is 0.512. The smallest absolute Gasteiger partial charge is 0.410 e. The summed E-state index contributed by atoms with van der Waals surface area (Å²) in [6.45, 7) is 10.3. The maximum Gasteiger partial charge on any atom is 0.410 e. The number of piperidine rings is 1. The third-order valence-electron chi connectivity index (χ3n) is 3.64. The molecule has 1 aliphatic rings. The molecule has 0 spiro atoms. The van der Waals surface area contributed by atoms with Gasteiger partial charge >= 0.3 is 6.09 Å². The maximum absolute atomic E-state index is 12.2. The molecule has 0 bridgehead atoms. The van der Waals surface area contributed by atoms with E-state index in [-0.39, 0.29) is 18.2 Å². The molecule has 1 fully saturated rings. The molecule has 0 aliphatic carbocycles. The van der Waals surface area contributed by atoms with Crippen LogP contribution < -0.4 is 4.74 Å². The topological polar surface area (TPSA) is 51.7 Å². The van der Waals surface area contributed by atoms with Crippen LogP contribution in [0.4, 0.5) is 4.79 Å². The van der Waals surface area contributed by atoms with E-state index >= 15 is 0 Å². The second-order valence-electron chi connectivity index (χ2n) is 6.92. The van der Waals surface area contributed by atoms with Gasteiger partial charge < -0.3 is 14.4 Å². The Kier molecular flexibility index (Phi) is 4.94. The van der Waals surface area contributed by atoms with E-state index in [0.717, 1.165) is 24.3 Å². The van der Waals surface area contributed by atoms with Crippen LogP contribution in [0.1, 0.15) is 46.2 Å². The Morgan fingerprint density at radius 2 is 2.09 bits per heavy atom. The Hall–Kier alpha value is -1.78. The summed E-state index contributed by atoms with van der Waals surface area (Å²) < 4.78 is 11.4. The maximum atomic E-state index is 12.2. The second-order valence-corrected chi connectivity index (χ2v) is 6.92.